The van der Waals surface area contributed by atoms with Crippen LogP contribution in [0.2, 0.25) is 0 Å². The van der Waals surface area contributed by atoms with E-state index < -0.39 is 5.60 Å². The lowest BCUT2D eigenvalue weighted by atomic mass is 9.82. The van der Waals surface area contributed by atoms with Gasteiger partial charge in [-0.2, -0.15) is 0 Å². The summed E-state index contributed by atoms with van der Waals surface area (Å²) in [7, 11) is 0. The standard InChI is InChI=1S/C22H23NO4/c1-2-3-4-11-23-17-7-5-6-15-10-12-27-22(20(15)17,21(23)24)16-8-9-18-19(13-16)26-14-25-18/h5-9,13H,2-4,10-12,14H2,1H3. The molecule has 27 heavy (non-hydrogen) atoms. The van der Waals surface area contributed by atoms with Crippen LogP contribution in [0, 0.1) is 0 Å². The molecule has 5 heteroatoms. The lowest BCUT2D eigenvalue weighted by molar-refractivity contribution is -0.139. The lowest BCUT2D eigenvalue weighted by Crippen LogP contribution is -2.45. The third-order valence-electron chi connectivity index (χ3n) is 5.77. The normalized spacial score (nSPS) is 22.3. The lowest BCUT2D eigenvalue weighted by Gasteiger charge is -2.34. The van der Waals surface area contributed by atoms with Crippen LogP contribution in [-0.4, -0.2) is 25.9 Å². The summed E-state index contributed by atoms with van der Waals surface area (Å²) in [5.74, 6) is 1.40. The topological polar surface area (TPSA) is 48.0 Å². The quantitative estimate of drug-likeness (QED) is 0.757. The zero-order valence-electron chi connectivity index (χ0n) is 15.5. The van der Waals surface area contributed by atoms with Gasteiger partial charge in [0, 0.05) is 17.7 Å². The van der Waals surface area contributed by atoms with Crippen LogP contribution in [0.15, 0.2) is 36.4 Å². The van der Waals surface area contributed by atoms with Crippen LogP contribution in [0.1, 0.15) is 42.9 Å². The Bertz CT molecular complexity index is 909. The van der Waals surface area contributed by atoms with Gasteiger partial charge >= 0.3 is 0 Å². The van der Waals surface area contributed by atoms with Gasteiger partial charge in [0.15, 0.2) is 17.1 Å². The maximum absolute atomic E-state index is 13.7. The van der Waals surface area contributed by atoms with Crippen molar-refractivity contribution < 1.29 is 19.0 Å². The predicted octanol–water partition coefficient (Wildman–Crippen LogP) is 3.77. The van der Waals surface area contributed by atoms with E-state index >= 15 is 0 Å². The molecule has 0 saturated heterocycles. The number of fused-ring (bicyclic) bond motifs is 1. The van der Waals surface area contributed by atoms with Gasteiger partial charge in [0.25, 0.3) is 5.91 Å². The average molecular weight is 365 g/mol. The molecule has 0 N–H and O–H groups in total. The van der Waals surface area contributed by atoms with Gasteiger partial charge in [-0.3, -0.25) is 4.79 Å². The summed E-state index contributed by atoms with van der Waals surface area (Å²) in [6.45, 7) is 3.63. The Hall–Kier alpha value is -2.53. The Morgan fingerprint density at radius 2 is 2.00 bits per heavy atom. The third kappa shape index (κ3) is 2.31. The van der Waals surface area contributed by atoms with Gasteiger partial charge in [0.05, 0.1) is 12.3 Å². The molecule has 3 aliphatic heterocycles. The van der Waals surface area contributed by atoms with E-state index in [-0.39, 0.29) is 12.7 Å². The minimum Gasteiger partial charge on any atom is -0.454 e. The summed E-state index contributed by atoms with van der Waals surface area (Å²) in [5, 5.41) is 0. The highest BCUT2D eigenvalue weighted by Gasteiger charge is 2.56. The molecule has 3 aliphatic rings. The highest BCUT2D eigenvalue weighted by atomic mass is 16.7. The molecule has 0 saturated carbocycles. The van der Waals surface area contributed by atoms with Crippen molar-refractivity contribution in [1.82, 2.24) is 0 Å². The molecular formula is C22H23NO4. The average Bonchev–Trinajstić information content (AvgIpc) is 3.26. The van der Waals surface area contributed by atoms with E-state index in [4.69, 9.17) is 14.2 Å². The second-order valence-electron chi connectivity index (χ2n) is 7.32. The number of carbonyl (C=O) groups is 1. The van der Waals surface area contributed by atoms with Crippen LogP contribution in [-0.2, 0) is 21.6 Å². The summed E-state index contributed by atoms with van der Waals surface area (Å²) in [5.41, 5.74) is 2.95. The zero-order chi connectivity index (χ0) is 18.4. The number of nitrogens with zero attached hydrogens (tertiary/aromatic N) is 1. The van der Waals surface area contributed by atoms with E-state index in [9.17, 15) is 4.79 Å². The van der Waals surface area contributed by atoms with Gasteiger partial charge in [-0.05, 0) is 36.6 Å². The molecule has 1 amide bonds. The van der Waals surface area contributed by atoms with Crippen LogP contribution >= 0.6 is 0 Å². The Morgan fingerprint density at radius 1 is 1.11 bits per heavy atom. The van der Waals surface area contributed by atoms with Gasteiger partial charge in [0.1, 0.15) is 0 Å². The largest absolute Gasteiger partial charge is 0.454 e. The number of unbranched alkanes of at least 4 members (excludes halogenated alkanes) is 2. The summed E-state index contributed by atoms with van der Waals surface area (Å²) in [6.07, 6.45) is 4.05. The molecule has 0 fully saturated rings. The number of anilines is 1. The van der Waals surface area contributed by atoms with E-state index in [2.05, 4.69) is 19.1 Å². The van der Waals surface area contributed by atoms with E-state index in [1.54, 1.807) is 0 Å². The van der Waals surface area contributed by atoms with Crippen molar-refractivity contribution >= 4 is 11.6 Å². The number of carbonyl (C=O) groups excluding carboxylic acids is 1. The van der Waals surface area contributed by atoms with Crippen LogP contribution < -0.4 is 14.4 Å². The summed E-state index contributed by atoms with van der Waals surface area (Å²) < 4.78 is 17.3. The summed E-state index contributed by atoms with van der Waals surface area (Å²) >= 11 is 0. The predicted molar refractivity (Wildman–Crippen MR) is 101 cm³/mol. The van der Waals surface area contributed by atoms with Crippen LogP contribution in [0.5, 0.6) is 11.5 Å². The van der Waals surface area contributed by atoms with Crippen LogP contribution in [0.4, 0.5) is 5.69 Å². The molecule has 140 valence electrons. The van der Waals surface area contributed by atoms with Crippen molar-refractivity contribution in [1.29, 1.82) is 0 Å². The summed E-state index contributed by atoms with van der Waals surface area (Å²) in [4.78, 5) is 15.6. The molecule has 2 aromatic carbocycles. The molecular weight excluding hydrogens is 342 g/mol. The number of hydrogen-bond donors (Lipinski definition) is 0. The first-order valence-corrected chi connectivity index (χ1v) is 9.74. The first-order chi connectivity index (χ1) is 13.3. The molecule has 0 aromatic heterocycles. The second-order valence-corrected chi connectivity index (χ2v) is 7.32. The molecule has 2 aromatic rings. The van der Waals surface area contributed by atoms with E-state index in [0.29, 0.717) is 18.1 Å². The van der Waals surface area contributed by atoms with Crippen molar-refractivity contribution in [2.45, 2.75) is 38.2 Å². The highest BCUT2D eigenvalue weighted by Crippen LogP contribution is 2.52. The Balaban J connectivity index is 1.66. The van der Waals surface area contributed by atoms with Crippen LogP contribution in [0.25, 0.3) is 0 Å². The molecule has 0 spiro atoms. The summed E-state index contributed by atoms with van der Waals surface area (Å²) in [6, 6.07) is 11.9. The van der Waals surface area contributed by atoms with Gasteiger partial charge in [-0.1, -0.05) is 38.0 Å². The molecule has 5 nitrogen and oxygen atoms in total. The minimum absolute atomic E-state index is 0.0135. The number of ether oxygens (including phenoxy) is 3. The van der Waals surface area contributed by atoms with Gasteiger partial charge in [-0.25, -0.2) is 0 Å². The molecule has 1 atom stereocenters. The maximum atomic E-state index is 13.7. The highest BCUT2D eigenvalue weighted by molar-refractivity contribution is 6.10. The van der Waals surface area contributed by atoms with Crippen molar-refractivity contribution in [2.24, 2.45) is 0 Å². The number of rotatable bonds is 5. The SMILES string of the molecule is CCCCCN1C(=O)C2(c3ccc4c(c3)OCO4)OCCc3cccc1c32. The van der Waals surface area contributed by atoms with Crippen molar-refractivity contribution in [3.05, 3.63) is 53.1 Å². The van der Waals surface area contributed by atoms with Crippen molar-refractivity contribution in [3.8, 4) is 11.5 Å². The van der Waals surface area contributed by atoms with Crippen molar-refractivity contribution in [3.63, 3.8) is 0 Å². The fourth-order valence-corrected chi connectivity index (χ4v) is 4.49. The van der Waals surface area contributed by atoms with E-state index in [0.717, 1.165) is 49.0 Å². The first-order valence-electron chi connectivity index (χ1n) is 9.74. The van der Waals surface area contributed by atoms with Gasteiger partial charge in [0.2, 0.25) is 6.79 Å². The Kier molecular flexibility index (Phi) is 3.86. The van der Waals surface area contributed by atoms with E-state index in [1.165, 1.54) is 5.56 Å². The van der Waals surface area contributed by atoms with Gasteiger partial charge < -0.3 is 19.1 Å². The van der Waals surface area contributed by atoms with Gasteiger partial charge in [-0.15, -0.1) is 0 Å². The number of benzene rings is 2. The smallest absolute Gasteiger partial charge is 0.268 e. The van der Waals surface area contributed by atoms with E-state index in [1.807, 2.05) is 29.2 Å². The second kappa shape index (κ2) is 6.27. The third-order valence-corrected chi connectivity index (χ3v) is 5.77. The van der Waals surface area contributed by atoms with Crippen molar-refractivity contribution in [2.75, 3.05) is 24.8 Å². The fourth-order valence-electron chi connectivity index (χ4n) is 4.49. The molecule has 3 heterocycles. The first kappa shape index (κ1) is 16.6. The minimum atomic E-state index is -1.07. The monoisotopic (exact) mass is 365 g/mol. The molecule has 0 radical (unpaired) electrons. The molecule has 0 aliphatic carbocycles. The molecule has 1 unspecified atom stereocenters. The Morgan fingerprint density at radius 3 is 2.89 bits per heavy atom. The molecule has 0 bridgehead atoms. The number of amides is 1. The number of hydrogen-bond acceptors (Lipinski definition) is 4. The molecule has 5 rings (SSSR count). The fraction of sp³-hybridized carbons (Fsp3) is 0.409. The van der Waals surface area contributed by atoms with Crippen LogP contribution in [0.3, 0.4) is 0 Å². The zero-order valence-corrected chi connectivity index (χ0v) is 15.5. The Labute approximate surface area is 158 Å². The maximum Gasteiger partial charge on any atom is 0.268 e.